The average Bonchev–Trinajstić information content (AvgIpc) is 3.47. The summed E-state index contributed by atoms with van der Waals surface area (Å²) in [5.41, 5.74) is 2.45. The minimum absolute atomic E-state index is 0.0914. The number of hydrogen-bond donors (Lipinski definition) is 2. The molecule has 0 bridgehead atoms. The zero-order valence-corrected chi connectivity index (χ0v) is 15.2. The first-order valence-corrected chi connectivity index (χ1v) is 9.65. The Labute approximate surface area is 152 Å². The van der Waals surface area contributed by atoms with Crippen molar-refractivity contribution in [2.24, 2.45) is 5.92 Å². The standard InChI is InChI=1S/C20H22N2O2S/c1-13(21-19(23)16-7-11-18(25-2)12-8-16)14-5-9-17(10-6-14)22-20(24)15-3-4-15/h5-13,15H,3-4H2,1-2H3,(H,21,23)(H,22,24). The first-order chi connectivity index (χ1) is 12.1. The molecule has 0 heterocycles. The molecule has 0 aliphatic heterocycles. The first-order valence-electron chi connectivity index (χ1n) is 8.42. The summed E-state index contributed by atoms with van der Waals surface area (Å²) in [6, 6.07) is 15.1. The van der Waals surface area contributed by atoms with Crippen LogP contribution in [0.4, 0.5) is 5.69 Å². The third-order valence-electron chi connectivity index (χ3n) is 4.33. The summed E-state index contributed by atoms with van der Waals surface area (Å²) in [4.78, 5) is 25.3. The zero-order valence-electron chi connectivity index (χ0n) is 14.4. The highest BCUT2D eigenvalue weighted by Gasteiger charge is 2.29. The van der Waals surface area contributed by atoms with E-state index in [0.29, 0.717) is 5.56 Å². The van der Waals surface area contributed by atoms with Crippen molar-refractivity contribution >= 4 is 29.3 Å². The predicted octanol–water partition coefficient (Wildman–Crippen LogP) is 4.25. The summed E-state index contributed by atoms with van der Waals surface area (Å²) in [5.74, 6) is 0.199. The highest BCUT2D eigenvalue weighted by atomic mass is 32.2. The van der Waals surface area contributed by atoms with Gasteiger partial charge in [0.25, 0.3) is 5.91 Å². The fourth-order valence-electron chi connectivity index (χ4n) is 2.55. The maximum Gasteiger partial charge on any atom is 0.251 e. The molecule has 3 rings (SSSR count). The van der Waals surface area contributed by atoms with Gasteiger partial charge in [0.2, 0.25) is 5.91 Å². The van der Waals surface area contributed by atoms with Crippen LogP contribution >= 0.6 is 11.8 Å². The average molecular weight is 354 g/mol. The van der Waals surface area contributed by atoms with E-state index in [1.54, 1.807) is 11.8 Å². The molecule has 0 aromatic heterocycles. The summed E-state index contributed by atoms with van der Waals surface area (Å²) >= 11 is 1.65. The highest BCUT2D eigenvalue weighted by molar-refractivity contribution is 7.98. The molecule has 2 aromatic carbocycles. The van der Waals surface area contributed by atoms with E-state index >= 15 is 0 Å². The fourth-order valence-corrected chi connectivity index (χ4v) is 2.96. The van der Waals surface area contributed by atoms with E-state index in [4.69, 9.17) is 0 Å². The van der Waals surface area contributed by atoms with Crippen LogP contribution in [0.3, 0.4) is 0 Å². The van der Waals surface area contributed by atoms with Crippen molar-refractivity contribution in [3.8, 4) is 0 Å². The smallest absolute Gasteiger partial charge is 0.251 e. The number of nitrogens with one attached hydrogen (secondary N) is 2. The molecule has 2 aromatic rings. The molecule has 1 atom stereocenters. The van der Waals surface area contributed by atoms with Crippen molar-refractivity contribution in [1.29, 1.82) is 0 Å². The van der Waals surface area contributed by atoms with Gasteiger partial charge >= 0.3 is 0 Å². The molecule has 5 heteroatoms. The van der Waals surface area contributed by atoms with Gasteiger partial charge in [-0.1, -0.05) is 12.1 Å². The second-order valence-electron chi connectivity index (χ2n) is 6.31. The lowest BCUT2D eigenvalue weighted by Crippen LogP contribution is -2.26. The minimum Gasteiger partial charge on any atom is -0.346 e. The first kappa shape index (κ1) is 17.5. The normalized spacial score (nSPS) is 14.6. The van der Waals surface area contributed by atoms with Gasteiger partial charge in [0.15, 0.2) is 0 Å². The number of rotatable bonds is 6. The summed E-state index contributed by atoms with van der Waals surface area (Å²) in [5, 5.41) is 5.92. The van der Waals surface area contributed by atoms with Crippen molar-refractivity contribution < 1.29 is 9.59 Å². The maximum atomic E-state index is 12.3. The topological polar surface area (TPSA) is 58.2 Å². The van der Waals surface area contributed by atoms with Crippen LogP contribution in [-0.2, 0) is 4.79 Å². The minimum atomic E-state index is -0.110. The van der Waals surface area contributed by atoms with E-state index in [1.807, 2.05) is 61.7 Å². The molecule has 2 N–H and O–H groups in total. The second-order valence-corrected chi connectivity index (χ2v) is 7.19. The van der Waals surface area contributed by atoms with Gasteiger partial charge in [-0.15, -0.1) is 11.8 Å². The van der Waals surface area contributed by atoms with Gasteiger partial charge in [0.05, 0.1) is 6.04 Å². The molecule has 25 heavy (non-hydrogen) atoms. The van der Waals surface area contributed by atoms with Crippen LogP contribution in [0, 0.1) is 5.92 Å². The van der Waals surface area contributed by atoms with Crippen LogP contribution in [0.1, 0.15) is 41.7 Å². The fraction of sp³-hybridized carbons (Fsp3) is 0.300. The molecule has 1 aliphatic rings. The van der Waals surface area contributed by atoms with Gasteiger partial charge in [-0.25, -0.2) is 0 Å². The van der Waals surface area contributed by atoms with E-state index < -0.39 is 0 Å². The Balaban J connectivity index is 1.58. The number of carbonyl (C=O) groups is 2. The number of anilines is 1. The predicted molar refractivity (Wildman–Crippen MR) is 102 cm³/mol. The van der Waals surface area contributed by atoms with Crippen molar-refractivity contribution in [2.75, 3.05) is 11.6 Å². The van der Waals surface area contributed by atoms with Crippen molar-refractivity contribution in [3.63, 3.8) is 0 Å². The lowest BCUT2D eigenvalue weighted by molar-refractivity contribution is -0.117. The number of hydrogen-bond acceptors (Lipinski definition) is 3. The monoisotopic (exact) mass is 354 g/mol. The van der Waals surface area contributed by atoms with Crippen LogP contribution < -0.4 is 10.6 Å². The van der Waals surface area contributed by atoms with Crippen LogP contribution in [0.2, 0.25) is 0 Å². The number of amides is 2. The van der Waals surface area contributed by atoms with Gasteiger partial charge < -0.3 is 10.6 Å². The molecular weight excluding hydrogens is 332 g/mol. The Morgan fingerprint density at radius 3 is 2.24 bits per heavy atom. The Kier molecular flexibility index (Phi) is 5.43. The second kappa shape index (κ2) is 7.74. The van der Waals surface area contributed by atoms with E-state index in [1.165, 1.54) is 0 Å². The lowest BCUT2D eigenvalue weighted by atomic mass is 10.1. The lowest BCUT2D eigenvalue weighted by Gasteiger charge is -2.15. The summed E-state index contributed by atoms with van der Waals surface area (Å²) in [6.07, 6.45) is 3.99. The van der Waals surface area contributed by atoms with E-state index in [2.05, 4.69) is 10.6 Å². The third kappa shape index (κ3) is 4.63. The summed E-state index contributed by atoms with van der Waals surface area (Å²) in [6.45, 7) is 1.95. The van der Waals surface area contributed by atoms with Crippen LogP contribution in [0.15, 0.2) is 53.4 Å². The molecule has 1 fully saturated rings. The van der Waals surface area contributed by atoms with Gasteiger partial charge in [0, 0.05) is 22.1 Å². The molecule has 4 nitrogen and oxygen atoms in total. The Morgan fingerprint density at radius 2 is 1.68 bits per heavy atom. The van der Waals surface area contributed by atoms with E-state index in [0.717, 1.165) is 29.0 Å². The number of carbonyl (C=O) groups excluding carboxylic acids is 2. The molecule has 0 spiro atoms. The molecule has 0 radical (unpaired) electrons. The third-order valence-corrected chi connectivity index (χ3v) is 5.07. The van der Waals surface area contributed by atoms with Crippen molar-refractivity contribution in [3.05, 3.63) is 59.7 Å². The Hall–Kier alpha value is -2.27. The number of benzene rings is 2. The molecular formula is C20H22N2O2S. The quantitative estimate of drug-likeness (QED) is 0.763. The molecule has 0 saturated heterocycles. The van der Waals surface area contributed by atoms with Crippen LogP contribution in [-0.4, -0.2) is 18.1 Å². The van der Waals surface area contributed by atoms with Gasteiger partial charge in [-0.2, -0.15) is 0 Å². The summed E-state index contributed by atoms with van der Waals surface area (Å²) < 4.78 is 0. The number of thioether (sulfide) groups is 1. The summed E-state index contributed by atoms with van der Waals surface area (Å²) in [7, 11) is 0. The molecule has 130 valence electrons. The zero-order chi connectivity index (χ0) is 17.8. The molecule has 1 aliphatic carbocycles. The van der Waals surface area contributed by atoms with Crippen LogP contribution in [0.25, 0.3) is 0 Å². The Bertz CT molecular complexity index is 752. The van der Waals surface area contributed by atoms with E-state index in [-0.39, 0.29) is 23.8 Å². The van der Waals surface area contributed by atoms with Gasteiger partial charge in [-0.3, -0.25) is 9.59 Å². The maximum absolute atomic E-state index is 12.3. The Morgan fingerprint density at radius 1 is 1.04 bits per heavy atom. The van der Waals surface area contributed by atoms with Crippen molar-refractivity contribution in [2.45, 2.75) is 30.7 Å². The molecule has 1 unspecified atom stereocenters. The van der Waals surface area contributed by atoms with Crippen LogP contribution in [0.5, 0.6) is 0 Å². The SMILES string of the molecule is CSc1ccc(C(=O)NC(C)c2ccc(NC(=O)C3CC3)cc2)cc1. The highest BCUT2D eigenvalue weighted by Crippen LogP contribution is 2.30. The largest absolute Gasteiger partial charge is 0.346 e. The van der Waals surface area contributed by atoms with Gasteiger partial charge in [0.1, 0.15) is 0 Å². The van der Waals surface area contributed by atoms with E-state index in [9.17, 15) is 9.59 Å². The molecule has 1 saturated carbocycles. The van der Waals surface area contributed by atoms with Gasteiger partial charge in [-0.05, 0) is 68.0 Å². The molecule has 2 amide bonds. The van der Waals surface area contributed by atoms with Crippen molar-refractivity contribution in [1.82, 2.24) is 5.32 Å².